The van der Waals surface area contributed by atoms with Crippen molar-refractivity contribution in [2.75, 3.05) is 36.1 Å². The van der Waals surface area contributed by atoms with Gasteiger partial charge in [0.05, 0.1) is 17.1 Å². The van der Waals surface area contributed by atoms with Gasteiger partial charge in [-0.15, -0.1) is 0 Å². The van der Waals surface area contributed by atoms with Gasteiger partial charge in [-0.25, -0.2) is 8.42 Å². The molecule has 0 aromatic heterocycles. The summed E-state index contributed by atoms with van der Waals surface area (Å²) in [6.45, 7) is 0.521. The number of carbonyl (C=O) groups is 1. The van der Waals surface area contributed by atoms with E-state index >= 15 is 0 Å². The highest BCUT2D eigenvalue weighted by molar-refractivity contribution is 7.91. The summed E-state index contributed by atoms with van der Waals surface area (Å²) in [5, 5.41) is 5.71. The van der Waals surface area contributed by atoms with E-state index in [1.54, 1.807) is 25.2 Å². The Balaban J connectivity index is 2.09. The van der Waals surface area contributed by atoms with Gasteiger partial charge in [-0.1, -0.05) is 0 Å². The average molecular weight is 297 g/mol. The van der Waals surface area contributed by atoms with Gasteiger partial charge >= 0.3 is 0 Å². The summed E-state index contributed by atoms with van der Waals surface area (Å²) in [4.78, 5) is 11.8. The number of nitrogens with two attached hydrogens (primary N) is 1. The molecule has 20 heavy (non-hydrogen) atoms. The fourth-order valence-corrected chi connectivity index (χ4v) is 4.19. The van der Waals surface area contributed by atoms with Gasteiger partial charge in [0, 0.05) is 25.0 Å². The number of rotatable bonds is 4. The van der Waals surface area contributed by atoms with Crippen molar-refractivity contribution in [3.63, 3.8) is 0 Å². The number of benzene rings is 1. The molecule has 1 heterocycles. The number of nitrogen functional groups attached to an aromatic ring is 1. The highest BCUT2D eigenvalue weighted by Crippen LogP contribution is 2.22. The maximum absolute atomic E-state index is 11.8. The van der Waals surface area contributed by atoms with Crippen LogP contribution in [0.1, 0.15) is 16.8 Å². The van der Waals surface area contributed by atoms with Gasteiger partial charge in [0.2, 0.25) is 0 Å². The summed E-state index contributed by atoms with van der Waals surface area (Å²) in [6.07, 6.45) is 0.660. The number of sulfone groups is 1. The molecule has 6 nitrogen and oxygen atoms in total. The third-order valence-electron chi connectivity index (χ3n) is 3.42. The van der Waals surface area contributed by atoms with Crippen molar-refractivity contribution in [1.29, 1.82) is 0 Å². The molecule has 0 bridgehead atoms. The van der Waals surface area contributed by atoms with Gasteiger partial charge in [-0.05, 0) is 30.5 Å². The zero-order valence-corrected chi connectivity index (χ0v) is 12.2. The standard InChI is InChI=1S/C13H19N3O3S/c1-15-13(17)11-3-2-10(14)6-12(11)16-7-9-4-5-20(18,19)8-9/h2-3,6,9,16H,4-5,7-8,14H2,1H3,(H,15,17). The highest BCUT2D eigenvalue weighted by Gasteiger charge is 2.27. The Morgan fingerprint density at radius 3 is 2.80 bits per heavy atom. The largest absolute Gasteiger partial charge is 0.399 e. The molecule has 1 aromatic rings. The topological polar surface area (TPSA) is 101 Å². The smallest absolute Gasteiger partial charge is 0.253 e. The second-order valence-electron chi connectivity index (χ2n) is 5.03. The van der Waals surface area contributed by atoms with Crippen molar-refractivity contribution in [1.82, 2.24) is 5.32 Å². The van der Waals surface area contributed by atoms with E-state index in [-0.39, 0.29) is 23.3 Å². The maximum atomic E-state index is 11.8. The number of hydrogen-bond acceptors (Lipinski definition) is 5. The third kappa shape index (κ3) is 3.41. The van der Waals surface area contributed by atoms with Crippen LogP contribution < -0.4 is 16.4 Å². The van der Waals surface area contributed by atoms with E-state index in [9.17, 15) is 13.2 Å². The summed E-state index contributed by atoms with van der Waals surface area (Å²) in [6, 6.07) is 5.01. The minimum atomic E-state index is -2.88. The molecule has 4 N–H and O–H groups in total. The van der Waals surface area contributed by atoms with Crippen molar-refractivity contribution in [3.05, 3.63) is 23.8 Å². The Labute approximate surface area is 118 Å². The van der Waals surface area contributed by atoms with Crippen LogP contribution in [0.2, 0.25) is 0 Å². The lowest BCUT2D eigenvalue weighted by atomic mass is 10.1. The fraction of sp³-hybridized carbons (Fsp3) is 0.462. The van der Waals surface area contributed by atoms with Crippen LogP contribution in [0.4, 0.5) is 11.4 Å². The van der Waals surface area contributed by atoms with Gasteiger partial charge in [0.25, 0.3) is 5.91 Å². The predicted molar refractivity (Wildman–Crippen MR) is 79.5 cm³/mol. The highest BCUT2D eigenvalue weighted by atomic mass is 32.2. The van der Waals surface area contributed by atoms with Crippen molar-refractivity contribution in [2.45, 2.75) is 6.42 Å². The normalized spacial score (nSPS) is 20.6. The Morgan fingerprint density at radius 2 is 2.20 bits per heavy atom. The van der Waals surface area contributed by atoms with Crippen LogP contribution in [0.15, 0.2) is 18.2 Å². The maximum Gasteiger partial charge on any atom is 0.253 e. The minimum Gasteiger partial charge on any atom is -0.399 e. The zero-order chi connectivity index (χ0) is 14.8. The first-order valence-corrected chi connectivity index (χ1v) is 8.29. The molecule has 1 aliphatic rings. The van der Waals surface area contributed by atoms with Crippen molar-refractivity contribution >= 4 is 27.1 Å². The lowest BCUT2D eigenvalue weighted by molar-refractivity contribution is 0.0964. The SMILES string of the molecule is CNC(=O)c1ccc(N)cc1NCC1CCS(=O)(=O)C1. The van der Waals surface area contributed by atoms with Crippen LogP contribution in [0.5, 0.6) is 0 Å². The minimum absolute atomic E-state index is 0.0824. The number of amides is 1. The van der Waals surface area contributed by atoms with Crippen LogP contribution in [0.25, 0.3) is 0 Å². The summed E-state index contributed by atoms with van der Waals surface area (Å²) in [7, 11) is -1.32. The third-order valence-corrected chi connectivity index (χ3v) is 5.26. The first kappa shape index (κ1) is 14.6. The number of carbonyl (C=O) groups excluding carboxylic acids is 1. The molecular weight excluding hydrogens is 278 g/mol. The van der Waals surface area contributed by atoms with Crippen LogP contribution in [0.3, 0.4) is 0 Å². The van der Waals surface area contributed by atoms with Gasteiger partial charge in [-0.2, -0.15) is 0 Å². The first-order chi connectivity index (χ1) is 9.41. The first-order valence-electron chi connectivity index (χ1n) is 6.47. The quantitative estimate of drug-likeness (QED) is 0.702. The molecule has 1 unspecified atom stereocenters. The van der Waals surface area contributed by atoms with E-state index in [0.29, 0.717) is 29.9 Å². The predicted octanol–water partition coefficient (Wildman–Crippen LogP) is 0.475. The summed E-state index contributed by atoms with van der Waals surface area (Å²) in [5.41, 5.74) is 7.42. The zero-order valence-electron chi connectivity index (χ0n) is 11.3. The fourth-order valence-electron chi connectivity index (χ4n) is 2.33. The van der Waals surface area contributed by atoms with E-state index in [2.05, 4.69) is 10.6 Å². The summed E-state index contributed by atoms with van der Waals surface area (Å²) < 4.78 is 22.8. The molecule has 1 aromatic carbocycles. The molecule has 110 valence electrons. The van der Waals surface area contributed by atoms with E-state index in [1.165, 1.54) is 0 Å². The molecule has 0 saturated carbocycles. The van der Waals surface area contributed by atoms with Crippen LogP contribution in [-0.2, 0) is 9.84 Å². The van der Waals surface area contributed by atoms with Gasteiger partial charge < -0.3 is 16.4 Å². The molecule has 1 saturated heterocycles. The van der Waals surface area contributed by atoms with E-state index in [0.717, 1.165) is 0 Å². The van der Waals surface area contributed by atoms with Crippen LogP contribution >= 0.6 is 0 Å². The van der Waals surface area contributed by atoms with Crippen molar-refractivity contribution < 1.29 is 13.2 Å². The molecule has 1 fully saturated rings. The number of hydrogen-bond donors (Lipinski definition) is 3. The molecule has 0 aliphatic carbocycles. The summed E-state index contributed by atoms with van der Waals surface area (Å²) in [5.74, 6) is 0.335. The molecule has 7 heteroatoms. The van der Waals surface area contributed by atoms with E-state index < -0.39 is 9.84 Å². The Bertz CT molecular complexity index is 613. The van der Waals surface area contributed by atoms with E-state index in [4.69, 9.17) is 5.73 Å². The summed E-state index contributed by atoms with van der Waals surface area (Å²) >= 11 is 0. The molecule has 0 radical (unpaired) electrons. The molecule has 0 spiro atoms. The van der Waals surface area contributed by atoms with Crippen molar-refractivity contribution in [2.24, 2.45) is 5.92 Å². The molecule has 1 aliphatic heterocycles. The molecule has 1 amide bonds. The Morgan fingerprint density at radius 1 is 1.45 bits per heavy atom. The average Bonchev–Trinajstić information content (AvgIpc) is 2.75. The molecular formula is C13H19N3O3S. The number of anilines is 2. The Hall–Kier alpha value is -1.76. The van der Waals surface area contributed by atoms with Crippen molar-refractivity contribution in [3.8, 4) is 0 Å². The Kier molecular flexibility index (Phi) is 4.17. The van der Waals surface area contributed by atoms with E-state index in [1.807, 2.05) is 0 Å². The lowest BCUT2D eigenvalue weighted by Gasteiger charge is -2.14. The van der Waals surface area contributed by atoms with Gasteiger partial charge in [0.1, 0.15) is 0 Å². The molecule has 2 rings (SSSR count). The lowest BCUT2D eigenvalue weighted by Crippen LogP contribution is -2.22. The van der Waals surface area contributed by atoms with Crippen LogP contribution in [-0.4, -0.2) is 39.4 Å². The monoisotopic (exact) mass is 297 g/mol. The second-order valence-corrected chi connectivity index (χ2v) is 7.26. The second kappa shape index (κ2) is 5.70. The van der Waals surface area contributed by atoms with Gasteiger partial charge in [-0.3, -0.25) is 4.79 Å². The van der Waals surface area contributed by atoms with Gasteiger partial charge in [0.15, 0.2) is 9.84 Å². The molecule has 1 atom stereocenters. The van der Waals surface area contributed by atoms with Crippen LogP contribution in [0, 0.1) is 5.92 Å². The number of nitrogens with one attached hydrogen (secondary N) is 2.